The maximum atomic E-state index is 12.2. The Labute approximate surface area is 100 Å². The predicted octanol–water partition coefficient (Wildman–Crippen LogP) is 0.871. The minimum atomic E-state index is -0.863. The van der Waals surface area contributed by atoms with Crippen LogP contribution < -0.4 is 0 Å². The summed E-state index contributed by atoms with van der Waals surface area (Å²) in [5.41, 5.74) is 0.413. The van der Waals surface area contributed by atoms with Gasteiger partial charge in [-0.15, -0.1) is 0 Å². The van der Waals surface area contributed by atoms with Crippen molar-refractivity contribution in [1.29, 1.82) is 0 Å². The first-order valence-electron chi connectivity index (χ1n) is 5.85. The highest BCUT2D eigenvalue weighted by atomic mass is 19.1. The molecule has 5 heteroatoms. The SMILES string of the molecule is O=C(O)C1=CC=CN([C@H]2CCN(CCF)C2)C1. The lowest BCUT2D eigenvalue weighted by molar-refractivity contribution is -0.132. The van der Waals surface area contributed by atoms with Crippen LogP contribution in [0.25, 0.3) is 0 Å². The fourth-order valence-corrected chi connectivity index (χ4v) is 2.37. The maximum Gasteiger partial charge on any atom is 0.333 e. The normalized spacial score (nSPS) is 25.1. The number of rotatable bonds is 4. The van der Waals surface area contributed by atoms with Gasteiger partial charge in [0.05, 0.1) is 5.57 Å². The quantitative estimate of drug-likeness (QED) is 0.792. The topological polar surface area (TPSA) is 43.8 Å². The largest absolute Gasteiger partial charge is 0.478 e. The van der Waals surface area contributed by atoms with Gasteiger partial charge in [-0.2, -0.15) is 0 Å². The molecule has 0 bridgehead atoms. The van der Waals surface area contributed by atoms with Crippen LogP contribution in [0.3, 0.4) is 0 Å². The Bertz CT molecular complexity index is 354. The van der Waals surface area contributed by atoms with Crippen molar-refractivity contribution in [1.82, 2.24) is 9.80 Å². The summed E-state index contributed by atoms with van der Waals surface area (Å²) in [6.07, 6.45) is 6.30. The average Bonchev–Trinajstić information content (AvgIpc) is 2.78. The van der Waals surface area contributed by atoms with Crippen LogP contribution in [0, 0.1) is 0 Å². The molecule has 2 aliphatic heterocycles. The highest BCUT2D eigenvalue weighted by Gasteiger charge is 2.27. The van der Waals surface area contributed by atoms with E-state index in [4.69, 9.17) is 5.11 Å². The Morgan fingerprint density at radius 3 is 3.12 bits per heavy atom. The minimum Gasteiger partial charge on any atom is -0.478 e. The number of carbonyl (C=O) groups is 1. The number of aliphatic carboxylic acids is 1. The van der Waals surface area contributed by atoms with E-state index in [0.717, 1.165) is 19.5 Å². The van der Waals surface area contributed by atoms with E-state index in [-0.39, 0.29) is 6.67 Å². The first kappa shape index (κ1) is 12.1. The zero-order chi connectivity index (χ0) is 12.3. The number of likely N-dealkylation sites (tertiary alicyclic amines) is 1. The summed E-state index contributed by atoms with van der Waals surface area (Å²) in [6.45, 7) is 2.32. The lowest BCUT2D eigenvalue weighted by atomic mass is 10.1. The van der Waals surface area contributed by atoms with Crippen LogP contribution in [0.5, 0.6) is 0 Å². The molecule has 1 saturated heterocycles. The van der Waals surface area contributed by atoms with Gasteiger partial charge in [-0.1, -0.05) is 0 Å². The molecule has 0 amide bonds. The Hall–Kier alpha value is -1.36. The number of alkyl halides is 1. The van der Waals surface area contributed by atoms with Crippen molar-refractivity contribution in [2.45, 2.75) is 12.5 Å². The van der Waals surface area contributed by atoms with Gasteiger partial charge in [0.1, 0.15) is 6.67 Å². The van der Waals surface area contributed by atoms with Gasteiger partial charge in [-0.05, 0) is 24.8 Å². The molecule has 0 saturated carbocycles. The standard InChI is InChI=1S/C12H17FN2O2/c13-4-7-14-6-3-11(9-14)15-5-1-2-10(8-15)12(16)17/h1-2,5,11H,3-4,6-9H2,(H,16,17)/t11-/m0/s1. The van der Waals surface area contributed by atoms with Crippen molar-refractivity contribution in [3.8, 4) is 0 Å². The van der Waals surface area contributed by atoms with Crippen LogP contribution in [0.1, 0.15) is 6.42 Å². The number of hydrogen-bond acceptors (Lipinski definition) is 3. The summed E-state index contributed by atoms with van der Waals surface area (Å²) in [5, 5.41) is 8.95. The van der Waals surface area contributed by atoms with Crippen LogP contribution in [0.15, 0.2) is 23.9 Å². The second kappa shape index (κ2) is 5.31. The Balaban J connectivity index is 1.91. The third kappa shape index (κ3) is 2.85. The number of hydrogen-bond donors (Lipinski definition) is 1. The molecular weight excluding hydrogens is 223 g/mol. The molecular formula is C12H17FN2O2. The van der Waals surface area contributed by atoms with Crippen LogP contribution in [-0.4, -0.2) is 59.8 Å². The molecule has 2 rings (SSSR count). The molecule has 1 N–H and O–H groups in total. The van der Waals surface area contributed by atoms with Gasteiger partial charge in [0.15, 0.2) is 0 Å². The fourth-order valence-electron chi connectivity index (χ4n) is 2.37. The second-order valence-electron chi connectivity index (χ2n) is 4.44. The fraction of sp³-hybridized carbons (Fsp3) is 0.583. The molecule has 0 radical (unpaired) electrons. The van der Waals surface area contributed by atoms with Crippen LogP contribution in [0.4, 0.5) is 4.39 Å². The molecule has 94 valence electrons. The van der Waals surface area contributed by atoms with E-state index in [2.05, 4.69) is 4.90 Å². The van der Waals surface area contributed by atoms with Gasteiger partial charge in [-0.3, -0.25) is 4.90 Å². The molecule has 17 heavy (non-hydrogen) atoms. The van der Waals surface area contributed by atoms with E-state index in [1.807, 2.05) is 11.1 Å². The van der Waals surface area contributed by atoms with E-state index < -0.39 is 5.97 Å². The molecule has 4 nitrogen and oxygen atoms in total. The van der Waals surface area contributed by atoms with Crippen molar-refractivity contribution < 1.29 is 14.3 Å². The van der Waals surface area contributed by atoms with Gasteiger partial charge in [0.2, 0.25) is 0 Å². The van der Waals surface area contributed by atoms with E-state index in [0.29, 0.717) is 24.7 Å². The van der Waals surface area contributed by atoms with Crippen molar-refractivity contribution >= 4 is 5.97 Å². The Kier molecular flexibility index (Phi) is 3.78. The summed E-state index contributed by atoms with van der Waals surface area (Å²) < 4.78 is 12.2. The number of allylic oxidation sites excluding steroid dienone is 2. The smallest absolute Gasteiger partial charge is 0.333 e. The van der Waals surface area contributed by atoms with Crippen LogP contribution in [-0.2, 0) is 4.79 Å². The summed E-state index contributed by atoms with van der Waals surface area (Å²) in [5.74, 6) is -0.863. The summed E-state index contributed by atoms with van der Waals surface area (Å²) in [7, 11) is 0. The average molecular weight is 240 g/mol. The monoisotopic (exact) mass is 240 g/mol. The van der Waals surface area contributed by atoms with Gasteiger partial charge in [0.25, 0.3) is 0 Å². The van der Waals surface area contributed by atoms with Gasteiger partial charge < -0.3 is 10.0 Å². The first-order valence-corrected chi connectivity index (χ1v) is 5.85. The van der Waals surface area contributed by atoms with Gasteiger partial charge >= 0.3 is 5.97 Å². The van der Waals surface area contributed by atoms with Crippen molar-refractivity contribution in [3.05, 3.63) is 23.9 Å². The number of halogens is 1. The maximum absolute atomic E-state index is 12.2. The lowest BCUT2D eigenvalue weighted by Crippen LogP contribution is -2.37. The number of carboxylic acids is 1. The molecule has 1 fully saturated rings. The van der Waals surface area contributed by atoms with Gasteiger partial charge in [0, 0.05) is 32.2 Å². The molecule has 0 aromatic rings. The third-order valence-corrected chi connectivity index (χ3v) is 3.32. The third-order valence-electron chi connectivity index (χ3n) is 3.32. The first-order chi connectivity index (χ1) is 8.20. The predicted molar refractivity (Wildman–Crippen MR) is 62.4 cm³/mol. The van der Waals surface area contributed by atoms with Gasteiger partial charge in [-0.25, -0.2) is 9.18 Å². The van der Waals surface area contributed by atoms with Crippen molar-refractivity contribution in [3.63, 3.8) is 0 Å². The zero-order valence-electron chi connectivity index (χ0n) is 9.68. The molecule has 0 unspecified atom stereocenters. The Morgan fingerprint density at radius 1 is 1.59 bits per heavy atom. The molecule has 0 aromatic carbocycles. The number of carboxylic acid groups (broad SMARTS) is 1. The van der Waals surface area contributed by atoms with Crippen LogP contribution in [0.2, 0.25) is 0 Å². The lowest BCUT2D eigenvalue weighted by Gasteiger charge is -2.29. The highest BCUT2D eigenvalue weighted by molar-refractivity contribution is 5.87. The zero-order valence-corrected chi connectivity index (χ0v) is 9.68. The summed E-state index contributed by atoms with van der Waals surface area (Å²) in [6, 6.07) is 0.306. The van der Waals surface area contributed by atoms with E-state index in [1.54, 1.807) is 12.2 Å². The van der Waals surface area contributed by atoms with Crippen molar-refractivity contribution in [2.24, 2.45) is 0 Å². The molecule has 1 atom stereocenters. The van der Waals surface area contributed by atoms with Crippen molar-refractivity contribution in [2.75, 3.05) is 32.9 Å². The molecule has 2 heterocycles. The molecule has 2 aliphatic rings. The summed E-state index contributed by atoms with van der Waals surface area (Å²) in [4.78, 5) is 15.0. The second-order valence-corrected chi connectivity index (χ2v) is 4.44. The summed E-state index contributed by atoms with van der Waals surface area (Å²) >= 11 is 0. The minimum absolute atomic E-state index is 0.306. The van der Waals surface area contributed by atoms with Crippen LogP contribution >= 0.6 is 0 Å². The van der Waals surface area contributed by atoms with E-state index >= 15 is 0 Å². The molecule has 0 spiro atoms. The molecule has 0 aliphatic carbocycles. The highest BCUT2D eigenvalue weighted by Crippen LogP contribution is 2.19. The Morgan fingerprint density at radius 2 is 2.41 bits per heavy atom. The molecule has 0 aromatic heterocycles. The number of nitrogens with zero attached hydrogens (tertiary/aromatic N) is 2. The van der Waals surface area contributed by atoms with E-state index in [9.17, 15) is 9.18 Å². The van der Waals surface area contributed by atoms with E-state index in [1.165, 1.54) is 0 Å².